The molecule has 0 spiro atoms. The van der Waals surface area contributed by atoms with Crippen LogP contribution in [0.5, 0.6) is 0 Å². The van der Waals surface area contributed by atoms with E-state index >= 15 is 0 Å². The van der Waals surface area contributed by atoms with Gasteiger partial charge in [-0.3, -0.25) is 0 Å². The van der Waals surface area contributed by atoms with Gasteiger partial charge >= 0.3 is 0 Å². The summed E-state index contributed by atoms with van der Waals surface area (Å²) in [5, 5.41) is 0. The lowest BCUT2D eigenvalue weighted by Gasteiger charge is -2.05. The minimum atomic E-state index is 0.500. The molecule has 0 aromatic heterocycles. The van der Waals surface area contributed by atoms with Crippen LogP contribution in [0, 0.1) is 5.41 Å². The van der Waals surface area contributed by atoms with Gasteiger partial charge < -0.3 is 4.90 Å². The summed E-state index contributed by atoms with van der Waals surface area (Å²) in [5.74, 6) is 0. The van der Waals surface area contributed by atoms with Crippen LogP contribution in [-0.4, -0.2) is 26.0 Å². The zero-order valence-electron chi connectivity index (χ0n) is 15.9. The molecule has 0 aliphatic rings. The van der Waals surface area contributed by atoms with Crippen molar-refractivity contribution >= 4 is 12.2 Å². The number of rotatable bonds is 2. The molecule has 0 heterocycles. The zero-order valence-corrected chi connectivity index (χ0v) is 15.9. The molecule has 0 saturated heterocycles. The molecule has 0 aliphatic heterocycles. The minimum absolute atomic E-state index is 0.500. The number of nitrogens with zero attached hydrogens (tertiary/aromatic N) is 1. The average Bonchev–Trinajstić information content (AvgIpc) is 2.45. The van der Waals surface area contributed by atoms with Crippen LogP contribution in [0.3, 0.4) is 0 Å². The molecule has 2 rings (SSSR count). The van der Waals surface area contributed by atoms with Gasteiger partial charge in [0.2, 0.25) is 0 Å². The molecular weight excluding hydrogens is 278 g/mol. The highest BCUT2D eigenvalue weighted by Crippen LogP contribution is 2.08. The van der Waals surface area contributed by atoms with E-state index in [4.69, 9.17) is 0 Å². The van der Waals surface area contributed by atoms with E-state index in [9.17, 15) is 0 Å². The fourth-order valence-electron chi connectivity index (χ4n) is 1.32. The lowest BCUT2D eigenvalue weighted by molar-refractivity contribution is 0.469. The molecule has 2 aromatic rings. The van der Waals surface area contributed by atoms with Crippen LogP contribution in [0.1, 0.15) is 38.8 Å². The topological polar surface area (TPSA) is 3.24 Å². The summed E-state index contributed by atoms with van der Waals surface area (Å²) >= 11 is 0. The largest absolute Gasteiger partial charge is 0.312 e. The van der Waals surface area contributed by atoms with E-state index in [2.05, 4.69) is 64.1 Å². The van der Waals surface area contributed by atoms with Crippen molar-refractivity contribution in [3.05, 3.63) is 71.8 Å². The van der Waals surface area contributed by atoms with E-state index in [1.54, 1.807) is 0 Å². The van der Waals surface area contributed by atoms with Crippen LogP contribution in [0.2, 0.25) is 0 Å². The van der Waals surface area contributed by atoms with Gasteiger partial charge in [-0.1, -0.05) is 101 Å². The first kappa shape index (κ1) is 21.1. The van der Waals surface area contributed by atoms with E-state index in [0.717, 1.165) is 0 Å². The predicted molar refractivity (Wildman–Crippen MR) is 107 cm³/mol. The first-order valence-corrected chi connectivity index (χ1v) is 8.07. The first-order valence-electron chi connectivity index (χ1n) is 8.07. The summed E-state index contributed by atoms with van der Waals surface area (Å²) in [6, 6.07) is 20.6. The molecule has 0 atom stereocenters. The van der Waals surface area contributed by atoms with Crippen molar-refractivity contribution in [2.45, 2.75) is 27.7 Å². The third-order valence-electron chi connectivity index (χ3n) is 2.07. The Morgan fingerprint density at radius 2 is 0.826 bits per heavy atom. The molecule has 1 nitrogen and oxygen atoms in total. The third kappa shape index (κ3) is 18.1. The highest BCUT2D eigenvalue weighted by atomic mass is 15.0. The Kier molecular flexibility index (Phi) is 10.7. The smallest absolute Gasteiger partial charge is 0.0140 e. The summed E-state index contributed by atoms with van der Waals surface area (Å²) in [6.07, 6.45) is 4.24. The van der Waals surface area contributed by atoms with Crippen LogP contribution in [0.4, 0.5) is 0 Å². The molecule has 0 bridgehead atoms. The Hall–Kier alpha value is -1.86. The molecule has 23 heavy (non-hydrogen) atoms. The Bertz CT molecular complexity index is 469. The Morgan fingerprint density at radius 3 is 1.04 bits per heavy atom. The van der Waals surface area contributed by atoms with E-state index in [1.807, 2.05) is 62.4 Å². The molecule has 0 unspecified atom stereocenters. The Labute approximate surface area is 143 Å². The lowest BCUT2D eigenvalue weighted by Crippen LogP contribution is -1.99. The standard InChI is InChI=1S/C14H12.C5H12.C3H9N/c1-3-7-13(8-4-1)11-12-14-9-5-2-6-10-14;1-5(2,3)4;1-4(2)3/h1-12H;1-4H3;1-3H3. The summed E-state index contributed by atoms with van der Waals surface area (Å²) in [7, 11) is 6.00. The van der Waals surface area contributed by atoms with Gasteiger partial charge in [-0.2, -0.15) is 0 Å². The van der Waals surface area contributed by atoms with E-state index in [0.29, 0.717) is 5.41 Å². The summed E-state index contributed by atoms with van der Waals surface area (Å²) in [4.78, 5) is 2.00. The van der Waals surface area contributed by atoms with Crippen molar-refractivity contribution in [2.75, 3.05) is 21.1 Å². The van der Waals surface area contributed by atoms with Gasteiger partial charge in [0.15, 0.2) is 0 Å². The Morgan fingerprint density at radius 1 is 0.609 bits per heavy atom. The molecule has 0 amide bonds. The van der Waals surface area contributed by atoms with Gasteiger partial charge in [0.25, 0.3) is 0 Å². The average molecular weight is 312 g/mol. The van der Waals surface area contributed by atoms with Crippen molar-refractivity contribution in [3.63, 3.8) is 0 Å². The van der Waals surface area contributed by atoms with Gasteiger partial charge in [0.05, 0.1) is 0 Å². The molecule has 0 N–H and O–H groups in total. The maximum atomic E-state index is 2.19. The molecule has 2 aromatic carbocycles. The SMILES string of the molecule is C(=Cc1ccccc1)c1ccccc1.CC(C)(C)C.CN(C)C. The van der Waals surface area contributed by atoms with E-state index < -0.39 is 0 Å². The van der Waals surface area contributed by atoms with E-state index in [1.165, 1.54) is 11.1 Å². The predicted octanol–water partition coefficient (Wildman–Crippen LogP) is 6.09. The second-order valence-electron chi connectivity index (χ2n) is 7.50. The van der Waals surface area contributed by atoms with Crippen molar-refractivity contribution in [2.24, 2.45) is 5.41 Å². The molecule has 0 radical (unpaired) electrons. The second kappa shape index (κ2) is 11.7. The number of benzene rings is 2. The van der Waals surface area contributed by atoms with Crippen molar-refractivity contribution in [3.8, 4) is 0 Å². The van der Waals surface area contributed by atoms with Crippen LogP contribution in [0.25, 0.3) is 12.2 Å². The quantitative estimate of drug-likeness (QED) is 0.607. The van der Waals surface area contributed by atoms with Crippen LogP contribution in [-0.2, 0) is 0 Å². The normalized spacial score (nSPS) is 10.6. The van der Waals surface area contributed by atoms with Crippen LogP contribution < -0.4 is 0 Å². The summed E-state index contributed by atoms with van der Waals surface area (Å²) in [5.41, 5.74) is 2.97. The molecule has 0 aliphatic carbocycles. The molecule has 0 saturated carbocycles. The number of hydrogen-bond donors (Lipinski definition) is 0. The maximum Gasteiger partial charge on any atom is -0.0140 e. The van der Waals surface area contributed by atoms with Gasteiger partial charge in [0, 0.05) is 0 Å². The van der Waals surface area contributed by atoms with Crippen molar-refractivity contribution in [1.82, 2.24) is 4.90 Å². The summed E-state index contributed by atoms with van der Waals surface area (Å²) < 4.78 is 0. The summed E-state index contributed by atoms with van der Waals surface area (Å²) in [6.45, 7) is 8.75. The van der Waals surface area contributed by atoms with Crippen LogP contribution >= 0.6 is 0 Å². The minimum Gasteiger partial charge on any atom is -0.312 e. The second-order valence-corrected chi connectivity index (χ2v) is 7.50. The van der Waals surface area contributed by atoms with E-state index in [-0.39, 0.29) is 0 Å². The third-order valence-corrected chi connectivity index (χ3v) is 2.07. The fourth-order valence-corrected chi connectivity index (χ4v) is 1.32. The molecule has 0 fully saturated rings. The van der Waals surface area contributed by atoms with Crippen molar-refractivity contribution < 1.29 is 0 Å². The van der Waals surface area contributed by atoms with Gasteiger partial charge in [-0.15, -0.1) is 0 Å². The monoisotopic (exact) mass is 311 g/mol. The Balaban J connectivity index is 0.000000450. The first-order chi connectivity index (χ1) is 10.7. The zero-order chi connectivity index (χ0) is 17.7. The van der Waals surface area contributed by atoms with Crippen LogP contribution in [0.15, 0.2) is 60.7 Å². The molecular formula is C22H33N. The number of hydrogen-bond acceptors (Lipinski definition) is 1. The highest BCUT2D eigenvalue weighted by molar-refractivity contribution is 5.69. The fraction of sp³-hybridized carbons (Fsp3) is 0.364. The van der Waals surface area contributed by atoms with Gasteiger partial charge in [0.1, 0.15) is 0 Å². The maximum absolute atomic E-state index is 2.19. The lowest BCUT2D eigenvalue weighted by atomic mass is 10.0. The molecule has 126 valence electrons. The van der Waals surface area contributed by atoms with Gasteiger partial charge in [-0.05, 0) is 37.7 Å². The molecule has 1 heteroatoms. The highest BCUT2D eigenvalue weighted by Gasteiger charge is 1.95. The van der Waals surface area contributed by atoms with Crippen molar-refractivity contribution in [1.29, 1.82) is 0 Å². The van der Waals surface area contributed by atoms with Gasteiger partial charge in [-0.25, -0.2) is 0 Å².